The van der Waals surface area contributed by atoms with Crippen molar-refractivity contribution in [2.24, 2.45) is 0 Å². The van der Waals surface area contributed by atoms with Crippen LogP contribution < -0.4 is 0 Å². The minimum Gasteiger partial charge on any atom is -0.478 e. The summed E-state index contributed by atoms with van der Waals surface area (Å²) >= 11 is 3.36. The highest BCUT2D eigenvalue weighted by molar-refractivity contribution is 9.10. The zero-order valence-electron chi connectivity index (χ0n) is 12.5. The second kappa shape index (κ2) is 7.07. The van der Waals surface area contributed by atoms with Crippen LogP contribution in [-0.4, -0.2) is 42.1 Å². The highest BCUT2D eigenvalue weighted by atomic mass is 79.9. The van der Waals surface area contributed by atoms with Crippen molar-refractivity contribution in [3.8, 4) is 0 Å². The fraction of sp³-hybridized carbons (Fsp3) is 0.375. The van der Waals surface area contributed by atoms with E-state index in [0.29, 0.717) is 18.8 Å². The average molecular weight is 368 g/mol. The van der Waals surface area contributed by atoms with Gasteiger partial charge in [0.2, 0.25) is 5.91 Å². The van der Waals surface area contributed by atoms with E-state index < -0.39 is 11.9 Å². The Morgan fingerprint density at radius 2 is 2.05 bits per heavy atom. The van der Waals surface area contributed by atoms with Crippen LogP contribution in [0.2, 0.25) is 0 Å². The third-order valence-corrected chi connectivity index (χ3v) is 4.37. The van der Waals surface area contributed by atoms with Crippen LogP contribution in [0.5, 0.6) is 0 Å². The summed E-state index contributed by atoms with van der Waals surface area (Å²) in [5.41, 5.74) is 1.60. The lowest BCUT2D eigenvalue weighted by Gasteiger charge is -2.33. The van der Waals surface area contributed by atoms with E-state index in [1.165, 1.54) is 4.90 Å². The Bertz CT molecular complexity index is 609. The number of amides is 1. The van der Waals surface area contributed by atoms with E-state index in [2.05, 4.69) is 15.9 Å². The number of carbonyl (C=O) groups is 2. The van der Waals surface area contributed by atoms with Gasteiger partial charge in [-0.2, -0.15) is 0 Å². The SMILES string of the molecule is COCCN1C(=O)CC(c2ccc(Br)cc2)C(C(=O)O)=C1C. The maximum absolute atomic E-state index is 12.4. The van der Waals surface area contributed by atoms with E-state index in [4.69, 9.17) is 4.74 Å². The molecule has 118 valence electrons. The predicted octanol–water partition coefficient (Wildman–Crippen LogP) is 2.77. The largest absolute Gasteiger partial charge is 0.478 e. The summed E-state index contributed by atoms with van der Waals surface area (Å²) in [5.74, 6) is -1.48. The van der Waals surface area contributed by atoms with Crippen LogP contribution in [0.15, 0.2) is 40.0 Å². The van der Waals surface area contributed by atoms with Crippen LogP contribution in [-0.2, 0) is 14.3 Å². The number of allylic oxidation sites excluding steroid dienone is 1. The molecule has 1 amide bonds. The highest BCUT2D eigenvalue weighted by Gasteiger charge is 2.35. The minimum absolute atomic E-state index is 0.0764. The van der Waals surface area contributed by atoms with Crippen molar-refractivity contribution in [1.29, 1.82) is 0 Å². The molecular weight excluding hydrogens is 350 g/mol. The molecule has 0 saturated carbocycles. The summed E-state index contributed by atoms with van der Waals surface area (Å²) in [5, 5.41) is 9.59. The van der Waals surface area contributed by atoms with Crippen molar-refractivity contribution in [2.75, 3.05) is 20.3 Å². The third-order valence-electron chi connectivity index (χ3n) is 3.84. The first kappa shape index (κ1) is 16.7. The predicted molar refractivity (Wildman–Crippen MR) is 85.4 cm³/mol. The van der Waals surface area contributed by atoms with Crippen molar-refractivity contribution in [1.82, 2.24) is 4.90 Å². The average Bonchev–Trinajstić information content (AvgIpc) is 2.46. The molecule has 1 aromatic rings. The van der Waals surface area contributed by atoms with Gasteiger partial charge in [0.25, 0.3) is 0 Å². The molecule has 0 aromatic heterocycles. The van der Waals surface area contributed by atoms with E-state index in [1.807, 2.05) is 24.3 Å². The van der Waals surface area contributed by atoms with E-state index in [1.54, 1.807) is 14.0 Å². The number of aliphatic carboxylic acids is 1. The topological polar surface area (TPSA) is 66.8 Å². The second-order valence-electron chi connectivity index (χ2n) is 5.15. The number of rotatable bonds is 5. The Balaban J connectivity index is 2.42. The van der Waals surface area contributed by atoms with Gasteiger partial charge in [-0.1, -0.05) is 28.1 Å². The quantitative estimate of drug-likeness (QED) is 0.868. The zero-order valence-corrected chi connectivity index (χ0v) is 14.1. The van der Waals surface area contributed by atoms with Gasteiger partial charge >= 0.3 is 5.97 Å². The molecule has 0 radical (unpaired) electrons. The molecule has 0 spiro atoms. The summed E-state index contributed by atoms with van der Waals surface area (Å²) in [4.78, 5) is 25.6. The third kappa shape index (κ3) is 3.39. The Hall–Kier alpha value is -1.66. The smallest absolute Gasteiger partial charge is 0.333 e. The molecule has 0 fully saturated rings. The van der Waals surface area contributed by atoms with Gasteiger partial charge in [0, 0.05) is 36.2 Å². The van der Waals surface area contributed by atoms with Crippen LogP contribution >= 0.6 is 15.9 Å². The number of carboxylic acids is 1. The second-order valence-corrected chi connectivity index (χ2v) is 6.07. The molecule has 2 rings (SSSR count). The number of hydrogen-bond donors (Lipinski definition) is 1. The molecule has 0 aliphatic carbocycles. The lowest BCUT2D eigenvalue weighted by atomic mass is 9.84. The number of carboxylic acid groups (broad SMARTS) is 1. The van der Waals surface area contributed by atoms with Crippen LogP contribution in [0.25, 0.3) is 0 Å². The normalized spacial score (nSPS) is 18.8. The number of nitrogens with zero attached hydrogens (tertiary/aromatic N) is 1. The summed E-state index contributed by atoms with van der Waals surface area (Å²) in [6, 6.07) is 7.41. The van der Waals surface area contributed by atoms with Gasteiger partial charge in [-0.05, 0) is 24.6 Å². The van der Waals surface area contributed by atoms with E-state index in [0.717, 1.165) is 10.0 Å². The first-order valence-electron chi connectivity index (χ1n) is 6.94. The number of ether oxygens (including phenoxy) is 1. The first-order valence-corrected chi connectivity index (χ1v) is 7.73. The Morgan fingerprint density at radius 3 is 2.59 bits per heavy atom. The van der Waals surface area contributed by atoms with Crippen molar-refractivity contribution in [3.05, 3.63) is 45.6 Å². The van der Waals surface area contributed by atoms with Gasteiger partial charge in [0.1, 0.15) is 0 Å². The van der Waals surface area contributed by atoms with Crippen molar-refractivity contribution < 1.29 is 19.4 Å². The van der Waals surface area contributed by atoms with Gasteiger partial charge in [0.15, 0.2) is 0 Å². The van der Waals surface area contributed by atoms with Crippen LogP contribution in [0, 0.1) is 0 Å². The lowest BCUT2D eigenvalue weighted by Crippen LogP contribution is -2.39. The Labute approximate surface area is 137 Å². The van der Waals surface area contributed by atoms with Gasteiger partial charge in [0.05, 0.1) is 12.2 Å². The number of methoxy groups -OCH3 is 1. The van der Waals surface area contributed by atoms with Crippen LogP contribution in [0.3, 0.4) is 0 Å². The number of carbonyl (C=O) groups excluding carboxylic acids is 1. The monoisotopic (exact) mass is 367 g/mol. The van der Waals surface area contributed by atoms with E-state index in [-0.39, 0.29) is 17.9 Å². The van der Waals surface area contributed by atoms with Gasteiger partial charge in [-0.3, -0.25) is 4.79 Å². The molecular formula is C16H18BrNO4. The molecule has 1 N–H and O–H groups in total. The molecule has 0 bridgehead atoms. The molecule has 1 unspecified atom stereocenters. The molecule has 0 saturated heterocycles. The zero-order chi connectivity index (χ0) is 16.3. The maximum atomic E-state index is 12.4. The molecule has 1 atom stereocenters. The number of halogens is 1. The highest BCUT2D eigenvalue weighted by Crippen LogP contribution is 2.36. The Kier molecular flexibility index (Phi) is 5.37. The molecule has 1 aliphatic rings. The molecule has 6 heteroatoms. The first-order chi connectivity index (χ1) is 10.5. The fourth-order valence-electron chi connectivity index (χ4n) is 2.73. The molecule has 1 heterocycles. The lowest BCUT2D eigenvalue weighted by molar-refractivity contribution is -0.135. The summed E-state index contributed by atoms with van der Waals surface area (Å²) in [6.45, 7) is 2.42. The fourth-order valence-corrected chi connectivity index (χ4v) is 2.99. The summed E-state index contributed by atoms with van der Waals surface area (Å²) < 4.78 is 5.91. The maximum Gasteiger partial charge on any atom is 0.333 e. The summed E-state index contributed by atoms with van der Waals surface area (Å²) in [6.07, 6.45) is 0.157. The molecule has 22 heavy (non-hydrogen) atoms. The van der Waals surface area contributed by atoms with Crippen molar-refractivity contribution >= 4 is 27.8 Å². The van der Waals surface area contributed by atoms with Crippen molar-refractivity contribution in [3.63, 3.8) is 0 Å². The molecule has 5 nitrogen and oxygen atoms in total. The van der Waals surface area contributed by atoms with E-state index >= 15 is 0 Å². The summed E-state index contributed by atoms with van der Waals surface area (Å²) in [7, 11) is 1.55. The van der Waals surface area contributed by atoms with Gasteiger partial charge < -0.3 is 14.7 Å². The van der Waals surface area contributed by atoms with Gasteiger partial charge in [-0.25, -0.2) is 4.79 Å². The molecule has 1 aromatic carbocycles. The minimum atomic E-state index is -0.986. The van der Waals surface area contributed by atoms with Crippen LogP contribution in [0.4, 0.5) is 0 Å². The van der Waals surface area contributed by atoms with E-state index in [9.17, 15) is 14.7 Å². The van der Waals surface area contributed by atoms with Crippen molar-refractivity contribution in [2.45, 2.75) is 19.3 Å². The van der Waals surface area contributed by atoms with Gasteiger partial charge in [-0.15, -0.1) is 0 Å². The number of hydrogen-bond acceptors (Lipinski definition) is 3. The molecule has 1 aliphatic heterocycles. The van der Waals surface area contributed by atoms with Crippen LogP contribution in [0.1, 0.15) is 24.8 Å². The Morgan fingerprint density at radius 1 is 1.41 bits per heavy atom. The number of benzene rings is 1. The standard InChI is InChI=1S/C16H18BrNO4/c1-10-15(16(20)21)13(11-3-5-12(17)6-4-11)9-14(19)18(10)7-8-22-2/h3-6,13H,7-9H2,1-2H3,(H,20,21).